The van der Waals surface area contributed by atoms with E-state index in [4.69, 9.17) is 0 Å². The maximum absolute atomic E-state index is 12.5. The summed E-state index contributed by atoms with van der Waals surface area (Å²) in [6, 6.07) is 11.8. The molecule has 0 unspecified atom stereocenters. The van der Waals surface area contributed by atoms with Crippen LogP contribution in [0.15, 0.2) is 36.4 Å². The van der Waals surface area contributed by atoms with Crippen molar-refractivity contribution in [2.75, 3.05) is 0 Å². The summed E-state index contributed by atoms with van der Waals surface area (Å²) in [4.78, 5) is 17.0. The highest BCUT2D eigenvalue weighted by molar-refractivity contribution is 5.98. The van der Waals surface area contributed by atoms with Gasteiger partial charge in [0.25, 0.3) is 0 Å². The quantitative estimate of drug-likeness (QED) is 0.749. The molecule has 98 valence electrons. The summed E-state index contributed by atoms with van der Waals surface area (Å²) in [5.74, 6) is 1.19. The van der Waals surface area contributed by atoms with Gasteiger partial charge in [-0.3, -0.25) is 4.79 Å². The molecule has 1 heterocycles. The monoisotopic (exact) mass is 253 g/mol. The Bertz CT molecular complexity index is 597. The van der Waals surface area contributed by atoms with Crippen molar-refractivity contribution in [1.29, 1.82) is 0 Å². The molecular weight excluding hydrogens is 234 g/mol. The molecule has 1 fully saturated rings. The molecule has 1 aliphatic rings. The number of Topliss-reactive ketones (excluding diaryl/α,β-unsaturated/α-hetero) is 1. The predicted octanol–water partition coefficient (Wildman–Crippen LogP) is 4.24. The molecule has 2 aromatic rings. The lowest BCUT2D eigenvalue weighted by molar-refractivity contribution is 0.0871. The van der Waals surface area contributed by atoms with Crippen LogP contribution in [-0.2, 0) is 0 Å². The Kier molecular flexibility index (Phi) is 3.33. The highest BCUT2D eigenvalue weighted by Crippen LogP contribution is 2.30. The zero-order valence-electron chi connectivity index (χ0n) is 11.3. The Balaban J connectivity index is 1.85. The van der Waals surface area contributed by atoms with Gasteiger partial charge in [0.1, 0.15) is 5.69 Å². The third-order valence-electron chi connectivity index (χ3n) is 4.24. The summed E-state index contributed by atoms with van der Waals surface area (Å²) in [6.07, 6.45) is 4.39. The minimum Gasteiger partial charge on any atom is -0.292 e. The lowest BCUT2D eigenvalue weighted by atomic mass is 9.80. The molecule has 1 aromatic heterocycles. The van der Waals surface area contributed by atoms with Gasteiger partial charge in [-0.2, -0.15) is 0 Å². The Hall–Kier alpha value is -1.70. The molecule has 19 heavy (non-hydrogen) atoms. The maximum atomic E-state index is 12.5. The van der Waals surface area contributed by atoms with Crippen LogP contribution >= 0.6 is 0 Å². The average molecular weight is 253 g/mol. The van der Waals surface area contributed by atoms with Gasteiger partial charge in [-0.1, -0.05) is 44.0 Å². The summed E-state index contributed by atoms with van der Waals surface area (Å²) in [5.41, 5.74) is 1.55. The second-order valence-electron chi connectivity index (χ2n) is 5.71. The molecule has 0 N–H and O–H groups in total. The zero-order chi connectivity index (χ0) is 13.2. The molecule has 1 aromatic carbocycles. The molecule has 1 aliphatic carbocycles. The first-order valence-corrected chi connectivity index (χ1v) is 7.14. The van der Waals surface area contributed by atoms with Gasteiger partial charge in [0.05, 0.1) is 5.52 Å². The van der Waals surface area contributed by atoms with Crippen molar-refractivity contribution >= 4 is 16.7 Å². The van der Waals surface area contributed by atoms with Gasteiger partial charge >= 0.3 is 0 Å². The van der Waals surface area contributed by atoms with E-state index < -0.39 is 0 Å². The number of carbonyl (C=O) groups is 1. The number of hydrogen-bond acceptors (Lipinski definition) is 2. The van der Waals surface area contributed by atoms with Crippen LogP contribution in [-0.4, -0.2) is 10.8 Å². The number of aromatic nitrogens is 1. The minimum absolute atomic E-state index is 0.185. The first-order chi connectivity index (χ1) is 9.24. The Morgan fingerprint density at radius 3 is 2.58 bits per heavy atom. The number of ketones is 1. The number of carbonyl (C=O) groups excluding carboxylic acids is 1. The number of fused-ring (bicyclic) bond motifs is 1. The maximum Gasteiger partial charge on any atom is 0.184 e. The molecule has 0 spiro atoms. The number of pyridine rings is 1. The average Bonchev–Trinajstić information content (AvgIpc) is 2.47. The van der Waals surface area contributed by atoms with E-state index in [2.05, 4.69) is 11.9 Å². The van der Waals surface area contributed by atoms with Crippen molar-refractivity contribution in [3.05, 3.63) is 42.1 Å². The standard InChI is InChI=1S/C17H19NO/c1-12-6-8-14(9-7-12)17(19)16-11-10-13-4-2-3-5-15(13)18-16/h2-5,10-12,14H,6-9H2,1H3. The third-order valence-corrected chi connectivity index (χ3v) is 4.24. The molecule has 0 aliphatic heterocycles. The van der Waals surface area contributed by atoms with Crippen molar-refractivity contribution in [2.24, 2.45) is 11.8 Å². The summed E-state index contributed by atoms with van der Waals surface area (Å²) in [6.45, 7) is 2.27. The van der Waals surface area contributed by atoms with E-state index in [-0.39, 0.29) is 11.7 Å². The molecule has 0 amide bonds. The fraction of sp³-hybridized carbons (Fsp3) is 0.412. The summed E-state index contributed by atoms with van der Waals surface area (Å²) in [5, 5.41) is 1.09. The van der Waals surface area contributed by atoms with Gasteiger partial charge in [0, 0.05) is 11.3 Å². The van der Waals surface area contributed by atoms with Crippen LogP contribution in [0.3, 0.4) is 0 Å². The molecule has 3 rings (SSSR count). The van der Waals surface area contributed by atoms with Crippen molar-refractivity contribution in [2.45, 2.75) is 32.6 Å². The van der Waals surface area contributed by atoms with Gasteiger partial charge in [0.2, 0.25) is 0 Å². The van der Waals surface area contributed by atoms with Crippen LogP contribution in [0.2, 0.25) is 0 Å². The van der Waals surface area contributed by atoms with Crippen molar-refractivity contribution in [3.8, 4) is 0 Å². The molecule has 1 saturated carbocycles. The number of para-hydroxylation sites is 1. The highest BCUT2D eigenvalue weighted by Gasteiger charge is 2.25. The van der Waals surface area contributed by atoms with Crippen molar-refractivity contribution < 1.29 is 4.79 Å². The fourth-order valence-corrected chi connectivity index (χ4v) is 2.93. The second kappa shape index (κ2) is 5.12. The predicted molar refractivity (Wildman–Crippen MR) is 77.2 cm³/mol. The number of nitrogens with zero attached hydrogens (tertiary/aromatic N) is 1. The lowest BCUT2D eigenvalue weighted by Gasteiger charge is -2.24. The molecule has 2 nitrogen and oxygen atoms in total. The van der Waals surface area contributed by atoms with E-state index in [0.29, 0.717) is 5.69 Å². The van der Waals surface area contributed by atoms with E-state index in [9.17, 15) is 4.79 Å². The molecule has 0 bridgehead atoms. The summed E-state index contributed by atoms with van der Waals surface area (Å²) < 4.78 is 0. The number of benzene rings is 1. The van der Waals surface area contributed by atoms with Crippen LogP contribution in [0.4, 0.5) is 0 Å². The topological polar surface area (TPSA) is 30.0 Å². The number of rotatable bonds is 2. The molecular formula is C17H19NO. The first kappa shape index (κ1) is 12.3. The first-order valence-electron chi connectivity index (χ1n) is 7.14. The van der Waals surface area contributed by atoms with Gasteiger partial charge in [-0.25, -0.2) is 4.98 Å². The Labute approximate surface area is 113 Å². The van der Waals surface area contributed by atoms with Gasteiger partial charge < -0.3 is 0 Å². The Morgan fingerprint density at radius 1 is 1.05 bits per heavy atom. The minimum atomic E-state index is 0.185. The summed E-state index contributed by atoms with van der Waals surface area (Å²) >= 11 is 0. The number of hydrogen-bond donors (Lipinski definition) is 0. The van der Waals surface area contributed by atoms with Crippen LogP contribution in [0, 0.1) is 11.8 Å². The largest absolute Gasteiger partial charge is 0.292 e. The van der Waals surface area contributed by atoms with E-state index in [0.717, 1.165) is 29.7 Å². The van der Waals surface area contributed by atoms with E-state index in [1.54, 1.807) is 0 Å². The van der Waals surface area contributed by atoms with Gasteiger partial charge in [-0.05, 0) is 30.9 Å². The smallest absolute Gasteiger partial charge is 0.184 e. The van der Waals surface area contributed by atoms with Crippen molar-refractivity contribution in [1.82, 2.24) is 4.98 Å². The van der Waals surface area contributed by atoms with Crippen LogP contribution < -0.4 is 0 Å². The highest BCUT2D eigenvalue weighted by atomic mass is 16.1. The molecule has 0 saturated heterocycles. The zero-order valence-corrected chi connectivity index (χ0v) is 11.3. The normalized spacial score (nSPS) is 23.4. The Morgan fingerprint density at radius 2 is 1.79 bits per heavy atom. The molecule has 0 atom stereocenters. The van der Waals surface area contributed by atoms with Crippen molar-refractivity contribution in [3.63, 3.8) is 0 Å². The molecule has 0 radical (unpaired) electrons. The second-order valence-corrected chi connectivity index (χ2v) is 5.71. The van der Waals surface area contributed by atoms with E-state index >= 15 is 0 Å². The van der Waals surface area contributed by atoms with Gasteiger partial charge in [0.15, 0.2) is 5.78 Å². The van der Waals surface area contributed by atoms with Crippen LogP contribution in [0.25, 0.3) is 10.9 Å². The van der Waals surface area contributed by atoms with E-state index in [1.807, 2.05) is 36.4 Å². The third kappa shape index (κ3) is 2.53. The lowest BCUT2D eigenvalue weighted by Crippen LogP contribution is -2.21. The van der Waals surface area contributed by atoms with Gasteiger partial charge in [-0.15, -0.1) is 0 Å². The van der Waals surface area contributed by atoms with E-state index in [1.165, 1.54) is 12.8 Å². The van der Waals surface area contributed by atoms with Crippen LogP contribution in [0.1, 0.15) is 43.1 Å². The SMILES string of the molecule is CC1CCC(C(=O)c2ccc3ccccc3n2)CC1. The molecule has 2 heteroatoms. The fourth-order valence-electron chi connectivity index (χ4n) is 2.93. The van der Waals surface area contributed by atoms with Crippen LogP contribution in [0.5, 0.6) is 0 Å². The summed E-state index contributed by atoms with van der Waals surface area (Å²) in [7, 11) is 0.